The third-order valence-corrected chi connectivity index (χ3v) is 5.13. The summed E-state index contributed by atoms with van der Waals surface area (Å²) in [7, 11) is -3.79. The summed E-state index contributed by atoms with van der Waals surface area (Å²) in [4.78, 5) is 16.5. The van der Waals surface area contributed by atoms with E-state index in [1.807, 2.05) is 6.07 Å². The number of rotatable bonds is 7. The fraction of sp³-hybridized carbons (Fsp3) is 0.100. The predicted octanol–water partition coefficient (Wildman–Crippen LogP) is 3.09. The molecule has 144 valence electrons. The number of halogens is 1. The molecule has 0 saturated heterocycles. The van der Waals surface area contributed by atoms with E-state index in [1.54, 1.807) is 30.6 Å². The van der Waals surface area contributed by atoms with Crippen molar-refractivity contribution in [3.8, 4) is 0 Å². The summed E-state index contributed by atoms with van der Waals surface area (Å²) >= 11 is 0. The second-order valence-corrected chi connectivity index (χ2v) is 7.80. The highest BCUT2D eigenvalue weighted by Crippen LogP contribution is 2.18. The number of aromatic nitrogens is 1. The molecular formula is C20H18FN3O3S. The second-order valence-electron chi connectivity index (χ2n) is 6.08. The molecule has 1 aromatic heterocycles. The quantitative estimate of drug-likeness (QED) is 0.639. The van der Waals surface area contributed by atoms with Gasteiger partial charge in [0.1, 0.15) is 5.82 Å². The summed E-state index contributed by atoms with van der Waals surface area (Å²) < 4.78 is 40.4. The highest BCUT2D eigenvalue weighted by Gasteiger charge is 2.17. The lowest BCUT2D eigenvalue weighted by atomic mass is 10.1. The molecule has 0 saturated carbocycles. The van der Waals surface area contributed by atoms with E-state index in [0.29, 0.717) is 5.56 Å². The zero-order chi connectivity index (χ0) is 20.0. The van der Waals surface area contributed by atoms with Crippen LogP contribution in [0.1, 0.15) is 21.5 Å². The summed E-state index contributed by atoms with van der Waals surface area (Å²) in [5.41, 5.74) is 1.64. The van der Waals surface area contributed by atoms with Gasteiger partial charge in [-0.15, -0.1) is 0 Å². The molecule has 2 aromatic carbocycles. The number of anilines is 1. The molecule has 3 aromatic rings. The van der Waals surface area contributed by atoms with Gasteiger partial charge in [-0.25, -0.2) is 12.8 Å². The number of amides is 1. The number of hydrogen-bond donors (Lipinski definition) is 2. The van der Waals surface area contributed by atoms with Crippen LogP contribution in [0.5, 0.6) is 0 Å². The van der Waals surface area contributed by atoms with Gasteiger partial charge in [-0.05, 0) is 41.5 Å². The number of benzene rings is 2. The molecule has 1 heterocycles. The average Bonchev–Trinajstić information content (AvgIpc) is 2.68. The van der Waals surface area contributed by atoms with Crippen LogP contribution in [0.15, 0.2) is 73.1 Å². The number of carbonyl (C=O) groups excluding carboxylic acids is 1. The van der Waals surface area contributed by atoms with Crippen LogP contribution in [0.2, 0.25) is 0 Å². The minimum absolute atomic E-state index is 0.174. The number of nitrogens with one attached hydrogen (secondary N) is 2. The van der Waals surface area contributed by atoms with Crippen LogP contribution in [0.4, 0.5) is 10.1 Å². The average molecular weight is 399 g/mol. The number of sulfonamides is 1. The molecule has 1 amide bonds. The van der Waals surface area contributed by atoms with Gasteiger partial charge >= 0.3 is 0 Å². The first-order valence-electron chi connectivity index (χ1n) is 8.44. The lowest BCUT2D eigenvalue weighted by Crippen LogP contribution is -2.25. The predicted molar refractivity (Wildman–Crippen MR) is 104 cm³/mol. The number of pyridine rings is 1. The van der Waals surface area contributed by atoms with E-state index >= 15 is 0 Å². The molecule has 28 heavy (non-hydrogen) atoms. The maximum Gasteiger partial charge on any atom is 0.253 e. The first kappa shape index (κ1) is 19.5. The topological polar surface area (TPSA) is 88.2 Å². The van der Waals surface area contributed by atoms with E-state index in [0.717, 1.165) is 5.56 Å². The van der Waals surface area contributed by atoms with Crippen LogP contribution >= 0.6 is 0 Å². The van der Waals surface area contributed by atoms with E-state index in [-0.39, 0.29) is 23.5 Å². The molecule has 0 unspecified atom stereocenters. The summed E-state index contributed by atoms with van der Waals surface area (Å²) in [5, 5.41) is 2.74. The Labute approximate surface area is 162 Å². The van der Waals surface area contributed by atoms with Crippen molar-refractivity contribution in [2.75, 3.05) is 4.72 Å². The Balaban J connectivity index is 1.72. The van der Waals surface area contributed by atoms with E-state index in [9.17, 15) is 17.6 Å². The normalized spacial score (nSPS) is 11.0. The Hall–Kier alpha value is -3.26. The Bertz CT molecular complexity index is 1060. The van der Waals surface area contributed by atoms with Crippen LogP contribution in [0.3, 0.4) is 0 Å². The van der Waals surface area contributed by atoms with Gasteiger partial charge in [0.2, 0.25) is 10.0 Å². The van der Waals surface area contributed by atoms with E-state index < -0.39 is 21.7 Å². The Kier molecular flexibility index (Phi) is 6.00. The number of carbonyl (C=O) groups is 1. The van der Waals surface area contributed by atoms with Crippen LogP contribution in [-0.4, -0.2) is 19.3 Å². The Morgan fingerprint density at radius 3 is 2.43 bits per heavy atom. The molecule has 0 aliphatic rings. The molecule has 2 N–H and O–H groups in total. The lowest BCUT2D eigenvalue weighted by Gasteiger charge is -2.13. The first-order valence-corrected chi connectivity index (χ1v) is 10.1. The molecule has 0 atom stereocenters. The zero-order valence-electron chi connectivity index (χ0n) is 14.8. The lowest BCUT2D eigenvalue weighted by molar-refractivity contribution is 0.0952. The SMILES string of the molecule is O=C(NCc1cccnc1)c1ccccc1NS(=O)(=O)Cc1ccc(F)cc1. The minimum atomic E-state index is -3.79. The van der Waals surface area contributed by atoms with Crippen molar-refractivity contribution < 1.29 is 17.6 Å². The van der Waals surface area contributed by atoms with Gasteiger partial charge in [0.15, 0.2) is 0 Å². The smallest absolute Gasteiger partial charge is 0.253 e. The Morgan fingerprint density at radius 1 is 0.964 bits per heavy atom. The van der Waals surface area contributed by atoms with Gasteiger partial charge in [0.25, 0.3) is 5.91 Å². The highest BCUT2D eigenvalue weighted by molar-refractivity contribution is 7.91. The molecule has 0 spiro atoms. The largest absolute Gasteiger partial charge is 0.348 e. The summed E-state index contributed by atoms with van der Waals surface area (Å²) in [6, 6.07) is 15.1. The van der Waals surface area contributed by atoms with Crippen LogP contribution in [0, 0.1) is 5.82 Å². The molecular weight excluding hydrogens is 381 g/mol. The van der Waals surface area contributed by atoms with E-state index in [2.05, 4.69) is 15.0 Å². The number of nitrogens with zero attached hydrogens (tertiary/aromatic N) is 1. The first-order chi connectivity index (χ1) is 13.4. The molecule has 0 aliphatic heterocycles. The van der Waals surface area contributed by atoms with Crippen molar-refractivity contribution in [3.05, 3.63) is 95.6 Å². The van der Waals surface area contributed by atoms with Crippen molar-refractivity contribution in [1.29, 1.82) is 0 Å². The van der Waals surface area contributed by atoms with Crippen molar-refractivity contribution in [2.45, 2.75) is 12.3 Å². The summed E-state index contributed by atoms with van der Waals surface area (Å²) in [5.74, 6) is -1.19. The van der Waals surface area contributed by atoms with Crippen LogP contribution in [-0.2, 0) is 22.3 Å². The minimum Gasteiger partial charge on any atom is -0.348 e. The maximum atomic E-state index is 13.0. The van der Waals surface area contributed by atoms with Gasteiger partial charge in [0, 0.05) is 18.9 Å². The third kappa shape index (κ3) is 5.37. The van der Waals surface area contributed by atoms with Crippen LogP contribution < -0.4 is 10.0 Å². The van der Waals surface area contributed by atoms with Crippen molar-refractivity contribution >= 4 is 21.6 Å². The van der Waals surface area contributed by atoms with Gasteiger partial charge in [-0.2, -0.15) is 0 Å². The fourth-order valence-corrected chi connectivity index (χ4v) is 3.77. The molecule has 3 rings (SSSR count). The molecule has 0 bridgehead atoms. The maximum absolute atomic E-state index is 13.0. The zero-order valence-corrected chi connectivity index (χ0v) is 15.6. The van der Waals surface area contributed by atoms with Gasteiger partial charge in [-0.3, -0.25) is 14.5 Å². The van der Waals surface area contributed by atoms with Crippen LogP contribution in [0.25, 0.3) is 0 Å². The number of hydrogen-bond acceptors (Lipinski definition) is 4. The second kappa shape index (κ2) is 8.62. The molecule has 8 heteroatoms. The molecule has 0 fully saturated rings. The number of para-hydroxylation sites is 1. The van der Waals surface area contributed by atoms with Crippen molar-refractivity contribution in [1.82, 2.24) is 10.3 Å². The fourth-order valence-electron chi connectivity index (χ4n) is 2.55. The van der Waals surface area contributed by atoms with Crippen molar-refractivity contribution in [3.63, 3.8) is 0 Å². The molecule has 0 radical (unpaired) electrons. The van der Waals surface area contributed by atoms with E-state index in [4.69, 9.17) is 0 Å². The van der Waals surface area contributed by atoms with Gasteiger partial charge < -0.3 is 5.32 Å². The summed E-state index contributed by atoms with van der Waals surface area (Å²) in [6.45, 7) is 0.267. The van der Waals surface area contributed by atoms with E-state index in [1.165, 1.54) is 36.4 Å². The summed E-state index contributed by atoms with van der Waals surface area (Å²) in [6.07, 6.45) is 3.27. The Morgan fingerprint density at radius 2 is 1.71 bits per heavy atom. The van der Waals surface area contributed by atoms with Gasteiger partial charge in [0.05, 0.1) is 17.0 Å². The standard InChI is InChI=1S/C20H18FN3O3S/c21-17-9-7-15(8-10-17)14-28(26,27)24-19-6-2-1-5-18(19)20(25)23-13-16-4-3-11-22-12-16/h1-12,24H,13-14H2,(H,23,25). The molecule has 6 nitrogen and oxygen atoms in total. The third-order valence-electron chi connectivity index (χ3n) is 3.88. The van der Waals surface area contributed by atoms with Crippen molar-refractivity contribution in [2.24, 2.45) is 0 Å². The monoisotopic (exact) mass is 399 g/mol. The highest BCUT2D eigenvalue weighted by atomic mass is 32.2. The van der Waals surface area contributed by atoms with Gasteiger partial charge in [-0.1, -0.05) is 30.3 Å². The molecule has 0 aliphatic carbocycles.